The lowest BCUT2D eigenvalue weighted by Gasteiger charge is -2.25. The van der Waals surface area contributed by atoms with Crippen molar-refractivity contribution >= 4 is 11.7 Å². The smallest absolute Gasteiger partial charge is 0.319 e. The highest BCUT2D eigenvalue weighted by atomic mass is 16.2. The van der Waals surface area contributed by atoms with Crippen LogP contribution in [0.5, 0.6) is 0 Å². The fourth-order valence-electron chi connectivity index (χ4n) is 2.53. The number of urea groups is 1. The van der Waals surface area contributed by atoms with Gasteiger partial charge in [-0.2, -0.15) is 0 Å². The molecule has 0 unspecified atom stereocenters. The van der Waals surface area contributed by atoms with E-state index in [-0.39, 0.29) is 6.03 Å². The maximum absolute atomic E-state index is 12.7. The van der Waals surface area contributed by atoms with Crippen molar-refractivity contribution in [2.75, 3.05) is 32.5 Å². The van der Waals surface area contributed by atoms with Crippen molar-refractivity contribution in [3.63, 3.8) is 0 Å². The number of amides is 2. The highest BCUT2D eigenvalue weighted by Crippen LogP contribution is 2.17. The second kappa shape index (κ2) is 9.23. The molecule has 0 bridgehead atoms. The topological polar surface area (TPSA) is 35.6 Å². The molecular formula is C21H29N3O. The van der Waals surface area contributed by atoms with E-state index in [4.69, 9.17) is 0 Å². The van der Waals surface area contributed by atoms with E-state index in [0.29, 0.717) is 19.0 Å². The Balaban J connectivity index is 2.05. The van der Waals surface area contributed by atoms with Gasteiger partial charge in [0.25, 0.3) is 0 Å². The van der Waals surface area contributed by atoms with Crippen LogP contribution < -0.4 is 5.32 Å². The van der Waals surface area contributed by atoms with Crippen molar-refractivity contribution in [2.24, 2.45) is 0 Å². The van der Waals surface area contributed by atoms with E-state index >= 15 is 0 Å². The number of likely N-dealkylation sites (N-methyl/N-ethyl adjacent to an activating group) is 1. The molecule has 0 saturated heterocycles. The molecule has 2 aromatic carbocycles. The summed E-state index contributed by atoms with van der Waals surface area (Å²) >= 11 is 0. The Bertz CT molecular complexity index is 651. The highest BCUT2D eigenvalue weighted by Gasteiger charge is 2.14. The van der Waals surface area contributed by atoms with Crippen LogP contribution in [-0.4, -0.2) is 43.0 Å². The molecule has 1 N–H and O–H groups in total. The molecule has 0 aromatic heterocycles. The van der Waals surface area contributed by atoms with Crippen LogP contribution in [0.2, 0.25) is 0 Å². The molecule has 0 radical (unpaired) electrons. The van der Waals surface area contributed by atoms with E-state index in [1.165, 1.54) is 5.56 Å². The van der Waals surface area contributed by atoms with E-state index in [9.17, 15) is 4.79 Å². The van der Waals surface area contributed by atoms with Crippen molar-refractivity contribution in [1.29, 1.82) is 0 Å². The number of hydrogen-bond donors (Lipinski definition) is 1. The van der Waals surface area contributed by atoms with Gasteiger partial charge in [0.15, 0.2) is 0 Å². The number of hydrogen-bond acceptors (Lipinski definition) is 2. The number of rotatable bonds is 7. The van der Waals surface area contributed by atoms with Crippen LogP contribution in [-0.2, 0) is 6.54 Å². The fraction of sp³-hybridized carbons (Fsp3) is 0.381. The third-order valence-electron chi connectivity index (χ3n) is 4.15. The van der Waals surface area contributed by atoms with Gasteiger partial charge in [0.2, 0.25) is 0 Å². The third-order valence-corrected chi connectivity index (χ3v) is 4.15. The van der Waals surface area contributed by atoms with Gasteiger partial charge in [-0.1, -0.05) is 56.3 Å². The summed E-state index contributed by atoms with van der Waals surface area (Å²) in [5.74, 6) is 0.486. The molecule has 0 spiro atoms. The van der Waals surface area contributed by atoms with Gasteiger partial charge in [-0.25, -0.2) is 4.79 Å². The summed E-state index contributed by atoms with van der Waals surface area (Å²) in [5.41, 5.74) is 3.23. The van der Waals surface area contributed by atoms with E-state index in [2.05, 4.69) is 36.2 Å². The molecule has 0 saturated carbocycles. The Morgan fingerprint density at radius 1 is 0.960 bits per heavy atom. The molecular weight excluding hydrogens is 310 g/mol. The molecule has 2 aromatic rings. The standard InChI is InChI=1S/C21H29N3O/c1-17(2)19-10-12-20(13-11-19)22-21(25)24(15-14-23(3)4)16-18-8-6-5-7-9-18/h5-13,17H,14-16H2,1-4H3,(H,22,25). The van der Waals surface area contributed by atoms with Gasteiger partial charge >= 0.3 is 6.03 Å². The SMILES string of the molecule is CC(C)c1ccc(NC(=O)N(CCN(C)C)Cc2ccccc2)cc1. The van der Waals surface area contributed by atoms with Crippen LogP contribution >= 0.6 is 0 Å². The van der Waals surface area contributed by atoms with Crippen molar-refractivity contribution in [3.05, 3.63) is 65.7 Å². The molecule has 0 atom stereocenters. The first-order chi connectivity index (χ1) is 12.0. The molecule has 0 aliphatic rings. The van der Waals surface area contributed by atoms with Gasteiger partial charge in [0.1, 0.15) is 0 Å². The van der Waals surface area contributed by atoms with Gasteiger partial charge < -0.3 is 15.1 Å². The van der Waals surface area contributed by atoms with E-state index in [1.807, 2.05) is 61.5 Å². The van der Waals surface area contributed by atoms with Crippen LogP contribution in [0.3, 0.4) is 0 Å². The van der Waals surface area contributed by atoms with E-state index < -0.39 is 0 Å². The predicted molar refractivity (Wildman–Crippen MR) is 105 cm³/mol. The summed E-state index contributed by atoms with van der Waals surface area (Å²) in [5, 5.41) is 3.02. The minimum atomic E-state index is -0.0667. The monoisotopic (exact) mass is 339 g/mol. The van der Waals surface area contributed by atoms with Crippen LogP contribution in [0.1, 0.15) is 30.9 Å². The number of benzene rings is 2. The maximum Gasteiger partial charge on any atom is 0.322 e. The van der Waals surface area contributed by atoms with Crippen LogP contribution in [0, 0.1) is 0 Å². The Labute approximate surface area is 151 Å². The lowest BCUT2D eigenvalue weighted by molar-refractivity contribution is 0.202. The van der Waals surface area contributed by atoms with Crippen LogP contribution in [0.15, 0.2) is 54.6 Å². The zero-order valence-electron chi connectivity index (χ0n) is 15.7. The fourth-order valence-corrected chi connectivity index (χ4v) is 2.53. The summed E-state index contributed by atoms with van der Waals surface area (Å²) in [4.78, 5) is 16.7. The average molecular weight is 339 g/mol. The van der Waals surface area contributed by atoms with Crippen LogP contribution in [0.4, 0.5) is 10.5 Å². The Kier molecular flexibility index (Phi) is 7.02. The van der Waals surface area contributed by atoms with Crippen molar-refractivity contribution in [3.8, 4) is 0 Å². The second-order valence-corrected chi connectivity index (χ2v) is 6.92. The van der Waals surface area contributed by atoms with Gasteiger partial charge in [-0.05, 0) is 43.3 Å². The molecule has 2 amide bonds. The van der Waals surface area contributed by atoms with Crippen molar-refractivity contribution in [2.45, 2.75) is 26.3 Å². The van der Waals surface area contributed by atoms with E-state index in [0.717, 1.165) is 17.8 Å². The van der Waals surface area contributed by atoms with Crippen molar-refractivity contribution in [1.82, 2.24) is 9.80 Å². The van der Waals surface area contributed by atoms with Crippen LogP contribution in [0.25, 0.3) is 0 Å². The number of carbonyl (C=O) groups is 1. The second-order valence-electron chi connectivity index (χ2n) is 6.92. The van der Waals surface area contributed by atoms with E-state index in [1.54, 1.807) is 0 Å². The van der Waals surface area contributed by atoms with Crippen molar-refractivity contribution < 1.29 is 4.79 Å². The molecule has 0 heterocycles. The first-order valence-corrected chi connectivity index (χ1v) is 8.80. The lowest BCUT2D eigenvalue weighted by Crippen LogP contribution is -2.39. The number of carbonyl (C=O) groups excluding carboxylic acids is 1. The zero-order valence-corrected chi connectivity index (χ0v) is 15.7. The largest absolute Gasteiger partial charge is 0.322 e. The number of anilines is 1. The summed E-state index contributed by atoms with van der Waals surface area (Å²) in [6, 6.07) is 18.1. The molecule has 2 rings (SSSR count). The molecule has 4 heteroatoms. The summed E-state index contributed by atoms with van der Waals surface area (Å²) in [7, 11) is 4.03. The molecule has 25 heavy (non-hydrogen) atoms. The minimum Gasteiger partial charge on any atom is -0.319 e. The molecule has 134 valence electrons. The first kappa shape index (κ1) is 19.0. The molecule has 4 nitrogen and oxygen atoms in total. The van der Waals surface area contributed by atoms with Gasteiger partial charge in [-0.15, -0.1) is 0 Å². The normalized spacial score (nSPS) is 11.0. The number of nitrogens with zero attached hydrogens (tertiary/aromatic N) is 2. The van der Waals surface area contributed by atoms with Gasteiger partial charge in [0, 0.05) is 25.3 Å². The maximum atomic E-state index is 12.7. The Hall–Kier alpha value is -2.33. The highest BCUT2D eigenvalue weighted by molar-refractivity contribution is 5.89. The molecule has 0 aliphatic carbocycles. The zero-order chi connectivity index (χ0) is 18.2. The number of nitrogens with one attached hydrogen (secondary N) is 1. The Morgan fingerprint density at radius 3 is 2.16 bits per heavy atom. The van der Waals surface area contributed by atoms with Gasteiger partial charge in [-0.3, -0.25) is 0 Å². The third kappa shape index (κ3) is 6.24. The summed E-state index contributed by atoms with van der Waals surface area (Å²) < 4.78 is 0. The minimum absolute atomic E-state index is 0.0667. The quantitative estimate of drug-likeness (QED) is 0.811. The van der Waals surface area contributed by atoms with Gasteiger partial charge in [0.05, 0.1) is 0 Å². The molecule has 0 aliphatic heterocycles. The summed E-state index contributed by atoms with van der Waals surface area (Å²) in [6.07, 6.45) is 0. The summed E-state index contributed by atoms with van der Waals surface area (Å²) in [6.45, 7) is 6.43. The first-order valence-electron chi connectivity index (χ1n) is 8.80. The lowest BCUT2D eigenvalue weighted by atomic mass is 10.0. The Morgan fingerprint density at radius 2 is 1.60 bits per heavy atom. The average Bonchev–Trinajstić information content (AvgIpc) is 2.59. The predicted octanol–water partition coefficient (Wildman–Crippen LogP) is 4.41. The molecule has 0 fully saturated rings.